The summed E-state index contributed by atoms with van der Waals surface area (Å²) >= 11 is 0. The van der Waals surface area contributed by atoms with Crippen molar-refractivity contribution in [3.05, 3.63) is 88.3 Å². The number of hydrogen-bond donors (Lipinski definition) is 0. The number of aryl methyl sites for hydroxylation is 1. The third-order valence-electron chi connectivity index (χ3n) is 5.99. The molecule has 0 saturated heterocycles. The number of fused-ring (bicyclic) bond motifs is 2. The highest BCUT2D eigenvalue weighted by molar-refractivity contribution is 5.93. The number of rotatable bonds is 10. The number of benzene rings is 2. The molecule has 0 fully saturated rings. The minimum Gasteiger partial charge on any atom is -0.488 e. The van der Waals surface area contributed by atoms with E-state index in [0.717, 1.165) is 17.7 Å². The Morgan fingerprint density at radius 3 is 2.38 bits per heavy atom. The predicted octanol–water partition coefficient (Wildman–Crippen LogP) is 5.36. The molecule has 0 unspecified atom stereocenters. The Bertz CT molecular complexity index is 1650. The normalized spacial score (nSPS) is 11.2. The summed E-state index contributed by atoms with van der Waals surface area (Å²) in [5.41, 5.74) is 2.53. The second kappa shape index (κ2) is 11.4. The van der Waals surface area contributed by atoms with Crippen molar-refractivity contribution in [1.29, 1.82) is 0 Å². The Labute approximate surface area is 225 Å². The van der Waals surface area contributed by atoms with Gasteiger partial charge in [0.2, 0.25) is 17.2 Å². The van der Waals surface area contributed by atoms with Crippen LogP contribution in [0, 0.1) is 6.92 Å². The fourth-order valence-corrected chi connectivity index (χ4v) is 3.98. The van der Waals surface area contributed by atoms with E-state index in [1.54, 1.807) is 55.9 Å². The molecule has 0 aliphatic heterocycles. The van der Waals surface area contributed by atoms with Crippen molar-refractivity contribution in [1.82, 2.24) is 14.9 Å². The average molecular weight is 528 g/mol. The fourth-order valence-electron chi connectivity index (χ4n) is 3.98. The molecule has 200 valence electrons. The standard InChI is InChI=1S/C30H29N3O6/c1-19-13-24-29(34)23-8-6-21(15-25(23)39-30(24)26(14-19)36-12-11-33(2)3)38-22-7-10-28(32-17-22)37-18-20-5-9-27(35-4)31-16-20/h5-10,13-17H,11-12,18H2,1-4H3. The van der Waals surface area contributed by atoms with E-state index in [9.17, 15) is 4.79 Å². The van der Waals surface area contributed by atoms with Crippen LogP contribution in [-0.2, 0) is 6.61 Å². The molecular formula is C30H29N3O6. The molecule has 0 saturated carbocycles. The molecule has 0 amide bonds. The summed E-state index contributed by atoms with van der Waals surface area (Å²) in [6.45, 7) is 3.46. The maximum absolute atomic E-state index is 13.3. The molecule has 0 aliphatic carbocycles. The van der Waals surface area contributed by atoms with E-state index in [0.29, 0.717) is 64.2 Å². The number of nitrogens with zero attached hydrogens (tertiary/aromatic N) is 3. The van der Waals surface area contributed by atoms with E-state index in [4.69, 9.17) is 23.4 Å². The summed E-state index contributed by atoms with van der Waals surface area (Å²) in [7, 11) is 5.52. The molecule has 0 spiro atoms. The molecule has 5 rings (SSSR count). The summed E-state index contributed by atoms with van der Waals surface area (Å²) in [6, 6.07) is 16.0. The maximum Gasteiger partial charge on any atom is 0.213 e. The van der Waals surface area contributed by atoms with Crippen molar-refractivity contribution < 1.29 is 23.4 Å². The highest BCUT2D eigenvalue weighted by atomic mass is 16.5. The quantitative estimate of drug-likeness (QED) is 0.222. The molecule has 0 aliphatic rings. The van der Waals surface area contributed by atoms with E-state index in [1.807, 2.05) is 44.1 Å². The Hall–Kier alpha value is -4.63. The van der Waals surface area contributed by atoms with Gasteiger partial charge in [0.15, 0.2) is 11.3 Å². The van der Waals surface area contributed by atoms with Gasteiger partial charge in [-0.2, -0.15) is 0 Å². The first-order valence-corrected chi connectivity index (χ1v) is 12.4. The zero-order valence-corrected chi connectivity index (χ0v) is 22.3. The second-order valence-electron chi connectivity index (χ2n) is 9.31. The molecule has 0 atom stereocenters. The Morgan fingerprint density at radius 1 is 0.872 bits per heavy atom. The Balaban J connectivity index is 1.34. The van der Waals surface area contributed by atoms with Crippen LogP contribution in [0.25, 0.3) is 21.9 Å². The van der Waals surface area contributed by atoms with Crippen LogP contribution in [0.3, 0.4) is 0 Å². The predicted molar refractivity (Wildman–Crippen MR) is 148 cm³/mol. The van der Waals surface area contributed by atoms with Crippen molar-refractivity contribution in [2.24, 2.45) is 0 Å². The lowest BCUT2D eigenvalue weighted by Crippen LogP contribution is -2.19. The smallest absolute Gasteiger partial charge is 0.213 e. The van der Waals surface area contributed by atoms with E-state index in [1.165, 1.54) is 0 Å². The number of aromatic nitrogens is 2. The van der Waals surface area contributed by atoms with Gasteiger partial charge in [0.1, 0.15) is 30.3 Å². The van der Waals surface area contributed by atoms with Crippen LogP contribution >= 0.6 is 0 Å². The lowest BCUT2D eigenvalue weighted by Gasteiger charge is -2.13. The first-order valence-electron chi connectivity index (χ1n) is 12.4. The van der Waals surface area contributed by atoms with Crippen molar-refractivity contribution in [3.8, 4) is 29.0 Å². The van der Waals surface area contributed by atoms with Crippen LogP contribution in [0.5, 0.6) is 29.0 Å². The summed E-state index contributed by atoms with van der Waals surface area (Å²) < 4.78 is 28.9. The molecule has 0 N–H and O–H groups in total. The SMILES string of the molecule is COc1ccc(COc2ccc(Oc3ccc4c(=O)c5cc(C)cc(OCCN(C)C)c5oc4c3)cn2)cn1. The largest absolute Gasteiger partial charge is 0.488 e. The first-order chi connectivity index (χ1) is 18.9. The Kier molecular flexibility index (Phi) is 7.60. The molecule has 0 bridgehead atoms. The van der Waals surface area contributed by atoms with Crippen LogP contribution in [0.1, 0.15) is 11.1 Å². The zero-order valence-electron chi connectivity index (χ0n) is 22.3. The summed E-state index contributed by atoms with van der Waals surface area (Å²) in [4.78, 5) is 23.8. The average Bonchev–Trinajstić information content (AvgIpc) is 2.93. The third kappa shape index (κ3) is 6.10. The minimum atomic E-state index is -0.116. The highest BCUT2D eigenvalue weighted by Gasteiger charge is 2.14. The minimum absolute atomic E-state index is 0.116. The van der Waals surface area contributed by atoms with Gasteiger partial charge < -0.3 is 28.3 Å². The lowest BCUT2D eigenvalue weighted by molar-refractivity contribution is 0.261. The van der Waals surface area contributed by atoms with E-state index in [2.05, 4.69) is 9.97 Å². The van der Waals surface area contributed by atoms with Gasteiger partial charge in [0, 0.05) is 36.5 Å². The van der Waals surface area contributed by atoms with E-state index >= 15 is 0 Å². The van der Waals surface area contributed by atoms with Crippen LogP contribution in [0.2, 0.25) is 0 Å². The summed E-state index contributed by atoms with van der Waals surface area (Å²) in [6.07, 6.45) is 3.26. The molecular weight excluding hydrogens is 498 g/mol. The summed E-state index contributed by atoms with van der Waals surface area (Å²) in [5.74, 6) is 2.56. The highest BCUT2D eigenvalue weighted by Crippen LogP contribution is 2.31. The number of likely N-dealkylation sites (N-methyl/N-ethyl adjacent to an activating group) is 1. The van der Waals surface area contributed by atoms with Gasteiger partial charge in [-0.25, -0.2) is 9.97 Å². The van der Waals surface area contributed by atoms with Gasteiger partial charge in [-0.3, -0.25) is 4.79 Å². The molecule has 3 heterocycles. The van der Waals surface area contributed by atoms with Crippen molar-refractivity contribution in [2.75, 3.05) is 34.4 Å². The van der Waals surface area contributed by atoms with Gasteiger partial charge in [-0.05, 0) is 63.0 Å². The number of methoxy groups -OCH3 is 1. The van der Waals surface area contributed by atoms with E-state index < -0.39 is 0 Å². The van der Waals surface area contributed by atoms with Crippen molar-refractivity contribution in [2.45, 2.75) is 13.5 Å². The van der Waals surface area contributed by atoms with Crippen molar-refractivity contribution >= 4 is 21.9 Å². The van der Waals surface area contributed by atoms with Crippen LogP contribution in [-0.4, -0.2) is 49.2 Å². The molecule has 2 aromatic carbocycles. The third-order valence-corrected chi connectivity index (χ3v) is 5.99. The Morgan fingerprint density at radius 2 is 1.67 bits per heavy atom. The summed E-state index contributed by atoms with van der Waals surface area (Å²) in [5, 5.41) is 0.954. The molecule has 9 nitrogen and oxygen atoms in total. The van der Waals surface area contributed by atoms with Gasteiger partial charge in [0.25, 0.3) is 0 Å². The van der Waals surface area contributed by atoms with Crippen LogP contribution in [0.15, 0.2) is 76.2 Å². The molecule has 9 heteroatoms. The molecule has 39 heavy (non-hydrogen) atoms. The van der Waals surface area contributed by atoms with E-state index in [-0.39, 0.29) is 5.43 Å². The monoisotopic (exact) mass is 527 g/mol. The topological polar surface area (TPSA) is 96.2 Å². The van der Waals surface area contributed by atoms with Crippen LogP contribution < -0.4 is 24.4 Å². The number of ether oxygens (including phenoxy) is 4. The van der Waals surface area contributed by atoms with Gasteiger partial charge >= 0.3 is 0 Å². The number of pyridine rings is 2. The molecule has 5 aromatic rings. The zero-order chi connectivity index (χ0) is 27.4. The molecule has 0 radical (unpaired) electrons. The van der Waals surface area contributed by atoms with Gasteiger partial charge in [0.05, 0.1) is 24.1 Å². The van der Waals surface area contributed by atoms with Gasteiger partial charge in [-0.15, -0.1) is 0 Å². The second-order valence-corrected chi connectivity index (χ2v) is 9.31. The number of hydrogen-bond acceptors (Lipinski definition) is 9. The maximum atomic E-state index is 13.3. The molecule has 3 aromatic heterocycles. The van der Waals surface area contributed by atoms with Gasteiger partial charge in [-0.1, -0.05) is 0 Å². The van der Waals surface area contributed by atoms with Crippen molar-refractivity contribution in [3.63, 3.8) is 0 Å². The lowest BCUT2D eigenvalue weighted by atomic mass is 10.1. The first kappa shape index (κ1) is 26.0. The fraction of sp³-hybridized carbons (Fsp3) is 0.233. The van der Waals surface area contributed by atoms with Crippen LogP contribution in [0.4, 0.5) is 0 Å².